The molecule has 0 aromatic rings. The van der Waals surface area contributed by atoms with Gasteiger partial charge in [0.15, 0.2) is 0 Å². The van der Waals surface area contributed by atoms with Crippen molar-refractivity contribution in [3.63, 3.8) is 0 Å². The van der Waals surface area contributed by atoms with E-state index in [1.807, 2.05) is 0 Å². The van der Waals surface area contributed by atoms with Crippen LogP contribution in [0.4, 0.5) is 0 Å². The first-order chi connectivity index (χ1) is 3.98. The van der Waals surface area contributed by atoms with Crippen LogP contribution in [0.25, 0.3) is 0 Å². The predicted molar refractivity (Wildman–Crippen MR) is 35.0 cm³/mol. The average molecular weight is 153 g/mol. The molecule has 0 bridgehead atoms. The molecule has 0 saturated carbocycles. The summed E-state index contributed by atoms with van der Waals surface area (Å²) < 4.78 is 22.7. The molecule has 0 aliphatic carbocycles. The molecule has 0 fully saturated rings. The summed E-state index contributed by atoms with van der Waals surface area (Å²) in [6.45, 7) is 3.50. The van der Waals surface area contributed by atoms with Gasteiger partial charge in [-0.05, 0) is 13.8 Å². The zero-order valence-electron chi connectivity index (χ0n) is 5.46. The van der Waals surface area contributed by atoms with Crippen molar-refractivity contribution in [1.82, 2.24) is 0 Å². The molecule has 0 aliphatic heterocycles. The Morgan fingerprint density at radius 2 is 2.22 bits per heavy atom. The minimum atomic E-state index is -2.21. The van der Waals surface area contributed by atoms with Crippen LogP contribution in [-0.4, -0.2) is 20.9 Å². The van der Waals surface area contributed by atoms with Crippen LogP contribution in [0.5, 0.6) is 0 Å². The molecule has 0 radical (unpaired) electrons. The van der Waals surface area contributed by atoms with E-state index in [2.05, 4.69) is 4.18 Å². The molecule has 3 N–H and O–H groups in total. The van der Waals surface area contributed by atoms with Crippen molar-refractivity contribution in [2.45, 2.75) is 19.4 Å². The summed E-state index contributed by atoms with van der Waals surface area (Å²) in [7, 11) is 0. The lowest BCUT2D eigenvalue weighted by molar-refractivity contribution is 0.124. The van der Waals surface area contributed by atoms with Crippen molar-refractivity contribution in [3.05, 3.63) is 0 Å². The maximum absolute atomic E-state index is 10.0. The van der Waals surface area contributed by atoms with Gasteiger partial charge in [-0.25, -0.2) is 0 Å². The summed E-state index contributed by atoms with van der Waals surface area (Å²) in [5, 5.41) is 0. The Morgan fingerprint density at radius 1 is 1.78 bits per heavy atom. The Kier molecular flexibility index (Phi) is 3.27. The minimum absolute atomic E-state index is 0.222. The lowest BCUT2D eigenvalue weighted by Crippen LogP contribution is -2.34. The molecule has 1 atom stereocenters. The van der Waals surface area contributed by atoms with Crippen molar-refractivity contribution in [3.8, 4) is 0 Å². The van der Waals surface area contributed by atoms with Crippen LogP contribution < -0.4 is 5.73 Å². The summed E-state index contributed by atoms with van der Waals surface area (Å²) >= 11 is -2.21. The maximum Gasteiger partial charge on any atom is 0.302 e. The molecule has 1 unspecified atom stereocenters. The first kappa shape index (κ1) is 9.03. The summed E-state index contributed by atoms with van der Waals surface area (Å²) in [5.41, 5.74) is 4.48. The van der Waals surface area contributed by atoms with Crippen LogP contribution in [0.2, 0.25) is 0 Å². The minimum Gasteiger partial charge on any atom is -0.328 e. The first-order valence-electron chi connectivity index (χ1n) is 2.48. The van der Waals surface area contributed by atoms with E-state index < -0.39 is 17.0 Å². The van der Waals surface area contributed by atoms with Crippen LogP contribution in [0.1, 0.15) is 13.8 Å². The third-order valence-corrected chi connectivity index (χ3v) is 1.38. The van der Waals surface area contributed by atoms with E-state index in [0.717, 1.165) is 0 Å². The molecule has 56 valence electrons. The lowest BCUT2D eigenvalue weighted by Gasteiger charge is -2.18. The van der Waals surface area contributed by atoms with Crippen LogP contribution in [0, 0.1) is 0 Å². The fourth-order valence-corrected chi connectivity index (χ4v) is 0.681. The lowest BCUT2D eigenvalue weighted by atomic mass is 10.1. The highest BCUT2D eigenvalue weighted by atomic mass is 32.2. The normalized spacial score (nSPS) is 15.6. The van der Waals surface area contributed by atoms with Crippen LogP contribution in [-0.2, 0) is 15.5 Å². The third-order valence-electron chi connectivity index (χ3n) is 0.788. The topological polar surface area (TPSA) is 72.5 Å². The maximum atomic E-state index is 10.0. The van der Waals surface area contributed by atoms with Crippen LogP contribution >= 0.6 is 0 Å². The molecular weight excluding hydrogens is 142 g/mol. The smallest absolute Gasteiger partial charge is 0.302 e. The molecule has 0 amide bonds. The van der Waals surface area contributed by atoms with Crippen molar-refractivity contribution in [2.24, 2.45) is 5.73 Å². The molecule has 5 heteroatoms. The second-order valence-electron chi connectivity index (χ2n) is 2.26. The van der Waals surface area contributed by atoms with E-state index in [-0.39, 0.29) is 6.54 Å². The summed E-state index contributed by atoms with van der Waals surface area (Å²) in [6.07, 6.45) is 0. The van der Waals surface area contributed by atoms with Gasteiger partial charge in [-0.2, -0.15) is 4.21 Å². The SMILES string of the molecule is CC(C)(CN)OS(=O)O. The molecule has 4 nitrogen and oxygen atoms in total. The van der Waals surface area contributed by atoms with E-state index in [0.29, 0.717) is 0 Å². The predicted octanol–water partition coefficient (Wildman–Crippen LogP) is -0.123. The number of nitrogens with two attached hydrogens (primary N) is 1. The Balaban J connectivity index is 3.71. The van der Waals surface area contributed by atoms with Gasteiger partial charge in [0.05, 0.1) is 5.60 Å². The molecule has 0 spiro atoms. The number of hydrogen-bond donors (Lipinski definition) is 2. The van der Waals surface area contributed by atoms with Gasteiger partial charge in [-0.15, -0.1) is 0 Å². The molecule has 0 aromatic heterocycles. The Morgan fingerprint density at radius 3 is 2.33 bits per heavy atom. The van der Waals surface area contributed by atoms with Gasteiger partial charge >= 0.3 is 11.4 Å². The van der Waals surface area contributed by atoms with Gasteiger partial charge < -0.3 is 5.73 Å². The molecule has 0 aliphatic rings. The zero-order valence-corrected chi connectivity index (χ0v) is 6.27. The van der Waals surface area contributed by atoms with E-state index in [1.165, 1.54) is 0 Å². The van der Waals surface area contributed by atoms with Gasteiger partial charge in [0.2, 0.25) is 0 Å². The third kappa shape index (κ3) is 4.53. The molecule has 0 heterocycles. The molecule has 0 aromatic carbocycles. The van der Waals surface area contributed by atoms with E-state index in [4.69, 9.17) is 10.3 Å². The standard InChI is InChI=1S/C4H11NO3S/c1-4(2,3-5)8-9(6)7/h3,5H2,1-2H3,(H,6,7). The second kappa shape index (κ2) is 3.26. The summed E-state index contributed by atoms with van der Waals surface area (Å²) in [5.74, 6) is 0. The van der Waals surface area contributed by atoms with Gasteiger partial charge in [0, 0.05) is 6.54 Å². The second-order valence-corrected chi connectivity index (χ2v) is 2.87. The van der Waals surface area contributed by atoms with Crippen molar-refractivity contribution < 1.29 is 12.9 Å². The van der Waals surface area contributed by atoms with E-state index in [9.17, 15) is 4.21 Å². The van der Waals surface area contributed by atoms with Gasteiger partial charge in [-0.1, -0.05) is 0 Å². The van der Waals surface area contributed by atoms with Gasteiger partial charge in [-0.3, -0.25) is 8.74 Å². The van der Waals surface area contributed by atoms with Crippen molar-refractivity contribution >= 4 is 11.4 Å². The van der Waals surface area contributed by atoms with Crippen molar-refractivity contribution in [1.29, 1.82) is 0 Å². The average Bonchev–Trinajstić information content (AvgIpc) is 1.63. The van der Waals surface area contributed by atoms with Gasteiger partial charge in [0.1, 0.15) is 0 Å². The highest BCUT2D eigenvalue weighted by molar-refractivity contribution is 7.74. The van der Waals surface area contributed by atoms with Crippen LogP contribution in [0.15, 0.2) is 0 Å². The largest absolute Gasteiger partial charge is 0.328 e. The molecular formula is C4H11NO3S. The van der Waals surface area contributed by atoms with Crippen LogP contribution in [0.3, 0.4) is 0 Å². The quantitative estimate of drug-likeness (QED) is 0.554. The fraction of sp³-hybridized carbons (Fsp3) is 1.00. The Labute approximate surface area is 56.9 Å². The fourth-order valence-electron chi connectivity index (χ4n) is 0.227. The molecule has 9 heavy (non-hydrogen) atoms. The summed E-state index contributed by atoms with van der Waals surface area (Å²) in [6, 6.07) is 0. The van der Waals surface area contributed by atoms with E-state index in [1.54, 1.807) is 13.8 Å². The monoisotopic (exact) mass is 153 g/mol. The first-order valence-corrected chi connectivity index (χ1v) is 3.51. The van der Waals surface area contributed by atoms with Crippen molar-refractivity contribution in [2.75, 3.05) is 6.54 Å². The zero-order chi connectivity index (χ0) is 7.49. The Bertz CT molecular complexity index is 114. The molecule has 0 rings (SSSR count). The highest BCUT2D eigenvalue weighted by Gasteiger charge is 2.18. The highest BCUT2D eigenvalue weighted by Crippen LogP contribution is 2.06. The summed E-state index contributed by atoms with van der Waals surface area (Å²) in [4.78, 5) is 0. The Hall–Kier alpha value is 0.0300. The van der Waals surface area contributed by atoms with Gasteiger partial charge in [0.25, 0.3) is 0 Å². The number of hydrogen-bond acceptors (Lipinski definition) is 3. The number of rotatable bonds is 3. The molecule has 0 saturated heterocycles. The van der Waals surface area contributed by atoms with E-state index >= 15 is 0 Å².